The summed E-state index contributed by atoms with van der Waals surface area (Å²) in [5.41, 5.74) is 23.1. The molecule has 2 saturated heterocycles. The Labute approximate surface area is 352 Å². The van der Waals surface area contributed by atoms with Crippen LogP contribution >= 0.6 is 0 Å². The molecule has 6 aromatic rings. The molecule has 60 heavy (non-hydrogen) atoms. The van der Waals surface area contributed by atoms with Crippen molar-refractivity contribution >= 4 is 23.3 Å². The van der Waals surface area contributed by atoms with Gasteiger partial charge in [0.05, 0.1) is 0 Å². The first-order chi connectivity index (χ1) is 29.2. The van der Waals surface area contributed by atoms with E-state index in [1.54, 1.807) is 0 Å². The van der Waals surface area contributed by atoms with E-state index in [0.717, 1.165) is 85.2 Å². The zero-order valence-corrected chi connectivity index (χ0v) is 34.0. The second kappa shape index (κ2) is 18.3. The van der Waals surface area contributed by atoms with E-state index in [9.17, 15) is 21.0 Å². The van der Waals surface area contributed by atoms with E-state index in [1.807, 2.05) is 54.6 Å². The Bertz CT molecular complexity index is 2710. The number of nitriles is 4. The van der Waals surface area contributed by atoms with E-state index in [-0.39, 0.29) is 22.8 Å². The molecule has 2 aromatic heterocycles. The van der Waals surface area contributed by atoms with Gasteiger partial charge in [0, 0.05) is 37.3 Å². The SMILES string of the molecule is Cc1ccc(-c2cccc(-c3c(C#N)c(N)nc(N4CCCCC4)c3C#N)c2)cc1.Cc1cccc(-c2cccc(-c3c(C#N)c(N)nc(N4CCCCC4)c3C#N)c2)c1. The number of anilines is 4. The van der Waals surface area contributed by atoms with Gasteiger partial charge in [0.1, 0.15) is 69.8 Å². The number of rotatable bonds is 6. The number of nitrogens with two attached hydrogens (primary N) is 2. The first-order valence-electron chi connectivity index (χ1n) is 20.4. The van der Waals surface area contributed by atoms with Crippen LogP contribution in [-0.2, 0) is 0 Å². The maximum Gasteiger partial charge on any atom is 0.149 e. The molecule has 0 aliphatic carbocycles. The van der Waals surface area contributed by atoms with Crippen LogP contribution < -0.4 is 21.3 Å². The first kappa shape index (κ1) is 40.5. The summed E-state index contributed by atoms with van der Waals surface area (Å²) in [7, 11) is 0. The van der Waals surface area contributed by atoms with Gasteiger partial charge in [-0.1, -0.05) is 96.1 Å². The van der Waals surface area contributed by atoms with Gasteiger partial charge >= 0.3 is 0 Å². The summed E-state index contributed by atoms with van der Waals surface area (Å²) >= 11 is 0. The maximum absolute atomic E-state index is 10.1. The molecule has 0 atom stereocenters. The third-order valence-electron chi connectivity index (χ3n) is 11.2. The predicted octanol–water partition coefficient (Wildman–Crippen LogP) is 10.1. The molecule has 10 heteroatoms. The molecule has 0 radical (unpaired) electrons. The lowest BCUT2D eigenvalue weighted by atomic mass is 9.92. The maximum atomic E-state index is 10.1. The van der Waals surface area contributed by atoms with Gasteiger partial charge in [-0.05, 0) is 97.9 Å². The van der Waals surface area contributed by atoms with Crippen LogP contribution in [0.2, 0.25) is 0 Å². The fourth-order valence-corrected chi connectivity index (χ4v) is 8.15. The Morgan fingerprint density at radius 2 is 0.817 bits per heavy atom. The molecule has 0 spiro atoms. The van der Waals surface area contributed by atoms with E-state index in [2.05, 4.69) is 100 Å². The summed E-state index contributed by atoms with van der Waals surface area (Å²) in [6, 6.07) is 41.4. The number of piperidine rings is 2. The molecule has 4 N–H and O–H groups in total. The lowest BCUT2D eigenvalue weighted by molar-refractivity contribution is 0.573. The van der Waals surface area contributed by atoms with Crippen molar-refractivity contribution < 1.29 is 0 Å². The number of pyridine rings is 2. The Morgan fingerprint density at radius 1 is 0.433 bits per heavy atom. The second-order valence-electron chi connectivity index (χ2n) is 15.3. The van der Waals surface area contributed by atoms with Crippen LogP contribution in [0, 0.1) is 59.2 Å². The quantitative estimate of drug-likeness (QED) is 0.165. The van der Waals surface area contributed by atoms with E-state index in [4.69, 9.17) is 11.5 Å². The molecular weight excluding hydrogens is 741 g/mol. The van der Waals surface area contributed by atoms with E-state index < -0.39 is 0 Å². The van der Waals surface area contributed by atoms with Crippen LogP contribution in [-0.4, -0.2) is 36.1 Å². The molecule has 8 rings (SSSR count). The minimum atomic E-state index is 0.174. The summed E-state index contributed by atoms with van der Waals surface area (Å²) < 4.78 is 0. The standard InChI is InChI=1S/2C25H23N5/c1-17-7-5-8-18(13-17)19-9-6-10-20(14-19)23-21(15-26)24(28)29-25(22(23)16-27)30-11-3-2-4-12-30;1-17-8-10-18(11-9-17)19-6-5-7-20(14-19)23-21(15-26)24(28)29-25(22(23)16-27)30-12-3-2-4-13-30/h5-10,13-14H,2-4,11-12H2,1H3,(H2,28,29);5-11,14H,2-4,12-13H2,1H3,(H2,28,29). The molecule has 2 aliphatic heterocycles. The van der Waals surface area contributed by atoms with Crippen molar-refractivity contribution in [2.75, 3.05) is 47.4 Å². The summed E-state index contributed by atoms with van der Waals surface area (Å²) in [6.07, 6.45) is 6.59. The highest BCUT2D eigenvalue weighted by molar-refractivity contribution is 5.88. The number of nitrogens with zero attached hydrogens (tertiary/aromatic N) is 8. The van der Waals surface area contributed by atoms with Crippen LogP contribution in [0.15, 0.2) is 97.1 Å². The molecule has 2 fully saturated rings. The van der Waals surface area contributed by atoms with Crippen LogP contribution in [0.5, 0.6) is 0 Å². The number of nitrogen functional groups attached to an aromatic ring is 2. The van der Waals surface area contributed by atoms with Crippen molar-refractivity contribution in [1.82, 2.24) is 9.97 Å². The van der Waals surface area contributed by atoms with Gasteiger partial charge in [-0.15, -0.1) is 0 Å². The molecular formula is C50H46N10. The van der Waals surface area contributed by atoms with Crippen molar-refractivity contribution in [3.63, 3.8) is 0 Å². The Balaban J connectivity index is 0.000000181. The highest BCUT2D eigenvalue weighted by Gasteiger charge is 2.26. The van der Waals surface area contributed by atoms with E-state index in [0.29, 0.717) is 33.9 Å². The molecule has 0 saturated carbocycles. The Kier molecular flexibility index (Phi) is 12.4. The zero-order chi connectivity index (χ0) is 42.2. The van der Waals surface area contributed by atoms with Crippen molar-refractivity contribution in [1.29, 1.82) is 21.0 Å². The van der Waals surface area contributed by atoms with Crippen molar-refractivity contribution in [3.8, 4) is 68.8 Å². The normalized spacial score (nSPS) is 13.5. The van der Waals surface area contributed by atoms with Gasteiger partial charge in [-0.3, -0.25) is 0 Å². The molecule has 2 aliphatic rings. The summed E-state index contributed by atoms with van der Waals surface area (Å²) in [6.45, 7) is 7.49. The van der Waals surface area contributed by atoms with E-state index in [1.165, 1.54) is 24.0 Å². The summed E-state index contributed by atoms with van der Waals surface area (Å²) in [5.74, 6) is 1.52. The van der Waals surface area contributed by atoms with Gasteiger partial charge in [0.15, 0.2) is 0 Å². The lowest BCUT2D eigenvalue weighted by Crippen LogP contribution is -2.31. The number of hydrogen-bond donors (Lipinski definition) is 2. The highest BCUT2D eigenvalue weighted by Crippen LogP contribution is 2.39. The molecule has 4 aromatic carbocycles. The number of aryl methyl sites for hydroxylation is 2. The van der Waals surface area contributed by atoms with Crippen molar-refractivity contribution in [2.24, 2.45) is 0 Å². The average Bonchev–Trinajstić information content (AvgIpc) is 3.29. The number of hydrogen-bond acceptors (Lipinski definition) is 10. The fourth-order valence-electron chi connectivity index (χ4n) is 8.15. The summed E-state index contributed by atoms with van der Waals surface area (Å²) in [5, 5.41) is 39.7. The second-order valence-corrected chi connectivity index (χ2v) is 15.3. The van der Waals surface area contributed by atoms with Crippen molar-refractivity contribution in [2.45, 2.75) is 52.4 Å². The van der Waals surface area contributed by atoms with Gasteiger partial charge in [-0.25, -0.2) is 9.97 Å². The van der Waals surface area contributed by atoms with Gasteiger partial charge < -0.3 is 21.3 Å². The monoisotopic (exact) mass is 786 g/mol. The number of aromatic nitrogens is 2. The Morgan fingerprint density at radius 3 is 1.23 bits per heavy atom. The molecule has 4 heterocycles. The zero-order valence-electron chi connectivity index (χ0n) is 34.0. The third-order valence-corrected chi connectivity index (χ3v) is 11.2. The van der Waals surface area contributed by atoms with Crippen LogP contribution in [0.1, 0.15) is 71.9 Å². The lowest BCUT2D eigenvalue weighted by Gasteiger charge is -2.29. The summed E-state index contributed by atoms with van der Waals surface area (Å²) in [4.78, 5) is 13.2. The largest absolute Gasteiger partial charge is 0.383 e. The first-order valence-corrected chi connectivity index (χ1v) is 20.4. The fraction of sp³-hybridized carbons (Fsp3) is 0.240. The smallest absolute Gasteiger partial charge is 0.149 e. The molecule has 296 valence electrons. The molecule has 0 unspecified atom stereocenters. The van der Waals surface area contributed by atoms with Gasteiger partial charge in [-0.2, -0.15) is 21.0 Å². The minimum Gasteiger partial charge on any atom is -0.383 e. The van der Waals surface area contributed by atoms with E-state index >= 15 is 0 Å². The third kappa shape index (κ3) is 8.46. The number of benzene rings is 4. The molecule has 10 nitrogen and oxygen atoms in total. The minimum absolute atomic E-state index is 0.174. The topological polar surface area (TPSA) is 179 Å². The van der Waals surface area contributed by atoms with Gasteiger partial charge in [0.2, 0.25) is 0 Å². The van der Waals surface area contributed by atoms with Crippen molar-refractivity contribution in [3.05, 3.63) is 130 Å². The Hall–Kier alpha value is -7.66. The molecule has 0 bridgehead atoms. The predicted molar refractivity (Wildman–Crippen MR) is 240 cm³/mol. The average molecular weight is 787 g/mol. The highest BCUT2D eigenvalue weighted by atomic mass is 15.2. The van der Waals surface area contributed by atoms with Crippen LogP contribution in [0.25, 0.3) is 44.5 Å². The van der Waals surface area contributed by atoms with Crippen LogP contribution in [0.3, 0.4) is 0 Å². The van der Waals surface area contributed by atoms with Crippen LogP contribution in [0.4, 0.5) is 23.3 Å². The molecule has 0 amide bonds. The van der Waals surface area contributed by atoms with Gasteiger partial charge in [0.25, 0.3) is 0 Å².